The van der Waals surface area contributed by atoms with E-state index >= 15 is 0 Å². The Labute approximate surface area is 159 Å². The minimum atomic E-state index is -1.02. The monoisotopic (exact) mass is 377 g/mol. The molecule has 0 aliphatic carbocycles. The van der Waals surface area contributed by atoms with Crippen molar-refractivity contribution < 1.29 is 19.4 Å². The van der Waals surface area contributed by atoms with E-state index in [1.54, 1.807) is 16.7 Å². The maximum Gasteiger partial charge on any atom is 0.313 e. The van der Waals surface area contributed by atoms with Crippen molar-refractivity contribution in [2.24, 2.45) is 5.41 Å². The van der Waals surface area contributed by atoms with Gasteiger partial charge in [0.15, 0.2) is 0 Å². The van der Waals surface area contributed by atoms with Crippen molar-refractivity contribution in [3.63, 3.8) is 0 Å². The first-order valence-corrected chi connectivity index (χ1v) is 9.75. The number of benzene rings is 1. The zero-order chi connectivity index (χ0) is 19.2. The first-order chi connectivity index (χ1) is 12.4. The lowest BCUT2D eigenvalue weighted by molar-refractivity contribution is -0.155. The predicted octanol–water partition coefficient (Wildman–Crippen LogP) is 3.70. The number of amides is 1. The molecule has 0 radical (unpaired) electrons. The molecule has 1 atom stereocenters. The number of nitrogens with zero attached hydrogens (tertiary/aromatic N) is 1. The molecule has 1 N–H and O–H groups in total. The van der Waals surface area contributed by atoms with Gasteiger partial charge in [0.25, 0.3) is 5.91 Å². The number of carbonyl (C=O) groups is 2. The van der Waals surface area contributed by atoms with Crippen molar-refractivity contribution in [3.05, 3.63) is 41.5 Å². The summed E-state index contributed by atoms with van der Waals surface area (Å²) in [5.74, 6) is -0.204. The molecule has 1 heterocycles. The van der Waals surface area contributed by atoms with Crippen molar-refractivity contribution in [1.29, 1.82) is 0 Å². The van der Waals surface area contributed by atoms with Crippen LogP contribution in [0.2, 0.25) is 0 Å². The standard InChI is InChI=1S/C20H27NO4S/c1-15(2)9-12-26-17-8-5-4-7-16(17)18(22)21-11-6-10-20(13-21,14-25-3)19(23)24/h4-5,7-9H,6,10-14H2,1-3H3,(H,23,24). The van der Waals surface area contributed by atoms with Crippen LogP contribution in [0.5, 0.6) is 0 Å². The van der Waals surface area contributed by atoms with E-state index in [4.69, 9.17) is 4.74 Å². The molecule has 0 bridgehead atoms. The third kappa shape index (κ3) is 4.89. The number of hydrogen-bond acceptors (Lipinski definition) is 4. The molecule has 1 saturated heterocycles. The Hall–Kier alpha value is -1.79. The second kappa shape index (κ2) is 9.24. The van der Waals surface area contributed by atoms with Crippen LogP contribution in [-0.4, -0.2) is 54.4 Å². The Bertz CT molecular complexity index is 680. The Kier molecular flexibility index (Phi) is 7.29. The molecule has 26 heavy (non-hydrogen) atoms. The lowest BCUT2D eigenvalue weighted by atomic mass is 9.80. The molecule has 2 rings (SSSR count). The van der Waals surface area contributed by atoms with Crippen LogP contribution in [0.25, 0.3) is 0 Å². The van der Waals surface area contributed by atoms with Gasteiger partial charge >= 0.3 is 5.97 Å². The molecule has 0 saturated carbocycles. The number of piperidine rings is 1. The molecule has 1 aromatic carbocycles. The molecular formula is C20H27NO4S. The predicted molar refractivity (Wildman–Crippen MR) is 104 cm³/mol. The Morgan fingerprint density at radius 1 is 1.35 bits per heavy atom. The van der Waals surface area contributed by atoms with Gasteiger partial charge in [0.05, 0.1) is 12.2 Å². The van der Waals surface area contributed by atoms with E-state index in [-0.39, 0.29) is 19.1 Å². The van der Waals surface area contributed by atoms with E-state index in [2.05, 4.69) is 6.08 Å². The van der Waals surface area contributed by atoms with Crippen molar-refractivity contribution >= 4 is 23.6 Å². The highest BCUT2D eigenvalue weighted by molar-refractivity contribution is 7.99. The molecule has 0 aromatic heterocycles. The SMILES string of the molecule is COCC1(C(=O)O)CCCN(C(=O)c2ccccc2SCC=C(C)C)C1. The van der Waals surface area contributed by atoms with Gasteiger partial charge in [-0.2, -0.15) is 0 Å². The van der Waals surface area contributed by atoms with E-state index < -0.39 is 11.4 Å². The summed E-state index contributed by atoms with van der Waals surface area (Å²) in [5, 5.41) is 9.68. The van der Waals surface area contributed by atoms with Gasteiger partial charge in [-0.25, -0.2) is 0 Å². The number of hydrogen-bond donors (Lipinski definition) is 1. The van der Waals surface area contributed by atoms with Gasteiger partial charge in [0, 0.05) is 30.8 Å². The van der Waals surface area contributed by atoms with Crippen LogP contribution < -0.4 is 0 Å². The van der Waals surface area contributed by atoms with Crippen LogP contribution in [0.3, 0.4) is 0 Å². The number of methoxy groups -OCH3 is 1. The van der Waals surface area contributed by atoms with Gasteiger partial charge in [-0.15, -0.1) is 11.8 Å². The van der Waals surface area contributed by atoms with Crippen LogP contribution in [0.15, 0.2) is 40.8 Å². The van der Waals surface area contributed by atoms with Gasteiger partial charge in [0.2, 0.25) is 0 Å². The van der Waals surface area contributed by atoms with E-state index in [0.717, 1.165) is 10.6 Å². The molecule has 5 nitrogen and oxygen atoms in total. The molecular weight excluding hydrogens is 350 g/mol. The summed E-state index contributed by atoms with van der Waals surface area (Å²) in [6.07, 6.45) is 3.31. The fourth-order valence-electron chi connectivity index (χ4n) is 3.17. The van der Waals surface area contributed by atoms with Crippen molar-refractivity contribution in [3.8, 4) is 0 Å². The van der Waals surface area contributed by atoms with E-state index in [9.17, 15) is 14.7 Å². The number of ether oxygens (including phenoxy) is 1. The maximum absolute atomic E-state index is 13.1. The lowest BCUT2D eigenvalue weighted by Gasteiger charge is -2.39. The van der Waals surface area contributed by atoms with E-state index in [1.807, 2.05) is 38.1 Å². The Morgan fingerprint density at radius 3 is 2.73 bits per heavy atom. The normalized spacial score (nSPS) is 19.9. The van der Waals surface area contributed by atoms with Crippen LogP contribution in [0, 0.1) is 5.41 Å². The number of likely N-dealkylation sites (tertiary alicyclic amines) is 1. The fraction of sp³-hybridized carbons (Fsp3) is 0.500. The van der Waals surface area contributed by atoms with Crippen LogP contribution in [0.1, 0.15) is 37.0 Å². The van der Waals surface area contributed by atoms with Gasteiger partial charge in [0.1, 0.15) is 5.41 Å². The van der Waals surface area contributed by atoms with Gasteiger partial charge in [-0.3, -0.25) is 9.59 Å². The van der Waals surface area contributed by atoms with Crippen LogP contribution >= 0.6 is 11.8 Å². The van der Waals surface area contributed by atoms with Crippen molar-refractivity contribution in [1.82, 2.24) is 4.90 Å². The highest BCUT2D eigenvalue weighted by Gasteiger charge is 2.44. The average molecular weight is 378 g/mol. The second-order valence-corrected chi connectivity index (χ2v) is 8.00. The number of thioether (sulfide) groups is 1. The fourth-order valence-corrected chi connectivity index (χ4v) is 4.26. The van der Waals surface area contributed by atoms with Gasteiger partial charge in [-0.1, -0.05) is 23.8 Å². The van der Waals surface area contributed by atoms with E-state index in [0.29, 0.717) is 24.9 Å². The van der Waals surface area contributed by atoms with Gasteiger partial charge < -0.3 is 14.7 Å². The lowest BCUT2D eigenvalue weighted by Crippen LogP contribution is -2.52. The summed E-state index contributed by atoms with van der Waals surface area (Å²) in [6, 6.07) is 7.53. The number of rotatable bonds is 7. The van der Waals surface area contributed by atoms with Crippen molar-refractivity contribution in [2.45, 2.75) is 31.6 Å². The molecule has 1 unspecified atom stereocenters. The summed E-state index contributed by atoms with van der Waals surface area (Å²) < 4.78 is 5.15. The van der Waals surface area contributed by atoms with Crippen molar-refractivity contribution in [2.75, 3.05) is 32.6 Å². The molecule has 142 valence electrons. The Balaban J connectivity index is 2.20. The largest absolute Gasteiger partial charge is 0.481 e. The molecule has 1 aliphatic rings. The van der Waals surface area contributed by atoms with E-state index in [1.165, 1.54) is 12.7 Å². The zero-order valence-corrected chi connectivity index (χ0v) is 16.5. The first kappa shape index (κ1) is 20.5. The van der Waals surface area contributed by atoms with Crippen LogP contribution in [0.4, 0.5) is 0 Å². The minimum Gasteiger partial charge on any atom is -0.481 e. The average Bonchev–Trinajstić information content (AvgIpc) is 2.61. The minimum absolute atomic E-state index is 0.105. The summed E-state index contributed by atoms with van der Waals surface area (Å²) in [4.78, 5) is 27.5. The van der Waals surface area contributed by atoms with Gasteiger partial charge in [-0.05, 0) is 38.8 Å². The highest BCUT2D eigenvalue weighted by Crippen LogP contribution is 2.33. The molecule has 1 amide bonds. The topological polar surface area (TPSA) is 66.8 Å². The third-order valence-corrected chi connectivity index (χ3v) is 5.59. The number of allylic oxidation sites excluding steroid dienone is 1. The van der Waals surface area contributed by atoms with Crippen LogP contribution in [-0.2, 0) is 9.53 Å². The number of aliphatic carboxylic acids is 1. The summed E-state index contributed by atoms with van der Waals surface area (Å²) in [6.45, 7) is 4.97. The molecule has 1 fully saturated rings. The summed E-state index contributed by atoms with van der Waals surface area (Å²) >= 11 is 1.62. The zero-order valence-electron chi connectivity index (χ0n) is 15.7. The first-order valence-electron chi connectivity index (χ1n) is 8.76. The number of carboxylic acids is 1. The molecule has 0 spiro atoms. The maximum atomic E-state index is 13.1. The summed E-state index contributed by atoms with van der Waals surface area (Å²) in [5.41, 5.74) is 0.855. The molecule has 1 aliphatic heterocycles. The smallest absolute Gasteiger partial charge is 0.313 e. The highest BCUT2D eigenvalue weighted by atomic mass is 32.2. The quantitative estimate of drug-likeness (QED) is 0.580. The third-order valence-electron chi connectivity index (χ3n) is 4.59. The number of carbonyl (C=O) groups excluding carboxylic acids is 1. The summed E-state index contributed by atoms with van der Waals surface area (Å²) in [7, 11) is 1.50. The molecule has 6 heteroatoms. The Morgan fingerprint density at radius 2 is 2.08 bits per heavy atom. The molecule has 1 aromatic rings. The second-order valence-electron chi connectivity index (χ2n) is 6.94. The number of carboxylic acid groups (broad SMARTS) is 1.